The highest BCUT2D eigenvalue weighted by atomic mass is 19.1. The van der Waals surface area contributed by atoms with E-state index in [9.17, 15) is 9.18 Å². The van der Waals surface area contributed by atoms with Gasteiger partial charge in [0.15, 0.2) is 0 Å². The number of aryl methyl sites for hydroxylation is 1. The lowest BCUT2D eigenvalue weighted by molar-refractivity contribution is -0.115. The fourth-order valence-corrected chi connectivity index (χ4v) is 2.65. The number of halogens is 1. The Balaban J connectivity index is 1.85. The minimum atomic E-state index is -0.203. The van der Waals surface area contributed by atoms with Gasteiger partial charge in [-0.05, 0) is 48.6 Å². The first kappa shape index (κ1) is 18.1. The summed E-state index contributed by atoms with van der Waals surface area (Å²) in [5, 5.41) is 6.07. The first-order valence-electron chi connectivity index (χ1n) is 8.32. The quantitative estimate of drug-likeness (QED) is 0.754. The van der Waals surface area contributed by atoms with Crippen LogP contribution in [0, 0.1) is 12.7 Å². The second-order valence-electron chi connectivity index (χ2n) is 6.26. The monoisotopic (exact) mass is 328 g/mol. The lowest BCUT2D eigenvalue weighted by Gasteiger charge is -2.16. The Hall–Kier alpha value is -2.20. The normalized spacial score (nSPS) is 10.9. The van der Waals surface area contributed by atoms with E-state index in [-0.39, 0.29) is 18.3 Å². The van der Waals surface area contributed by atoms with Crippen LogP contribution < -0.4 is 10.6 Å². The molecule has 24 heavy (non-hydrogen) atoms. The van der Waals surface area contributed by atoms with Crippen molar-refractivity contribution in [3.8, 4) is 0 Å². The van der Waals surface area contributed by atoms with E-state index in [0.29, 0.717) is 24.4 Å². The zero-order chi connectivity index (χ0) is 17.5. The van der Waals surface area contributed by atoms with Crippen molar-refractivity contribution in [2.75, 3.05) is 18.4 Å². The van der Waals surface area contributed by atoms with Crippen LogP contribution in [0.5, 0.6) is 0 Å². The summed E-state index contributed by atoms with van der Waals surface area (Å²) in [5.41, 5.74) is 3.75. The summed E-state index contributed by atoms with van der Waals surface area (Å²) in [5.74, 6) is 0.0548. The molecule has 128 valence electrons. The number of para-hydroxylation sites is 1. The third-order valence-corrected chi connectivity index (χ3v) is 4.01. The molecule has 0 spiro atoms. The molecule has 0 aliphatic rings. The van der Waals surface area contributed by atoms with Gasteiger partial charge in [0, 0.05) is 5.69 Å². The van der Waals surface area contributed by atoms with Crippen molar-refractivity contribution in [2.24, 2.45) is 0 Å². The summed E-state index contributed by atoms with van der Waals surface area (Å²) >= 11 is 0. The number of carbonyl (C=O) groups is 1. The van der Waals surface area contributed by atoms with E-state index in [4.69, 9.17) is 0 Å². The summed E-state index contributed by atoms with van der Waals surface area (Å²) in [6.07, 6.45) is 0.557. The standard InChI is InChI=1S/C20H25FN2O/c1-14(2)17-9-6-7-15(3)20(17)23-19(24)13-22-12-11-16-8-4-5-10-18(16)21/h4-10,14,22H,11-13H2,1-3H3,(H,23,24). The van der Waals surface area contributed by atoms with Crippen molar-refractivity contribution in [1.82, 2.24) is 5.32 Å². The maximum atomic E-state index is 13.5. The number of amides is 1. The number of hydrogen-bond donors (Lipinski definition) is 2. The van der Waals surface area contributed by atoms with Gasteiger partial charge in [-0.1, -0.05) is 50.2 Å². The van der Waals surface area contributed by atoms with Gasteiger partial charge in [0.2, 0.25) is 5.91 Å². The molecule has 2 N–H and O–H groups in total. The highest BCUT2D eigenvalue weighted by molar-refractivity contribution is 5.93. The molecule has 0 fully saturated rings. The lowest BCUT2D eigenvalue weighted by atomic mass is 9.98. The molecule has 3 nitrogen and oxygen atoms in total. The molecule has 0 aliphatic carbocycles. The van der Waals surface area contributed by atoms with E-state index in [1.54, 1.807) is 12.1 Å². The summed E-state index contributed by atoms with van der Waals surface area (Å²) in [4.78, 5) is 12.2. The van der Waals surface area contributed by atoms with Crippen molar-refractivity contribution in [1.29, 1.82) is 0 Å². The van der Waals surface area contributed by atoms with E-state index >= 15 is 0 Å². The average Bonchev–Trinajstić information content (AvgIpc) is 2.54. The molecule has 0 unspecified atom stereocenters. The molecule has 0 bridgehead atoms. The van der Waals surface area contributed by atoms with Crippen molar-refractivity contribution in [2.45, 2.75) is 33.1 Å². The number of rotatable bonds is 7. The second-order valence-corrected chi connectivity index (χ2v) is 6.26. The van der Waals surface area contributed by atoms with Gasteiger partial charge in [-0.25, -0.2) is 4.39 Å². The van der Waals surface area contributed by atoms with Crippen LogP contribution >= 0.6 is 0 Å². The van der Waals surface area contributed by atoms with Gasteiger partial charge in [-0.15, -0.1) is 0 Å². The largest absolute Gasteiger partial charge is 0.324 e. The van der Waals surface area contributed by atoms with Crippen molar-refractivity contribution >= 4 is 11.6 Å². The van der Waals surface area contributed by atoms with Gasteiger partial charge in [0.25, 0.3) is 0 Å². The summed E-state index contributed by atoms with van der Waals surface area (Å²) in [6, 6.07) is 12.7. The predicted molar refractivity (Wildman–Crippen MR) is 96.9 cm³/mol. The Bertz CT molecular complexity index is 698. The minimum Gasteiger partial charge on any atom is -0.324 e. The molecule has 2 rings (SSSR count). The summed E-state index contributed by atoms with van der Waals surface area (Å²) in [7, 11) is 0. The molecule has 4 heteroatoms. The Kier molecular flexibility index (Phi) is 6.50. The van der Waals surface area contributed by atoms with Crippen LogP contribution in [0.15, 0.2) is 42.5 Å². The van der Waals surface area contributed by atoms with Crippen LogP contribution in [0.3, 0.4) is 0 Å². The Morgan fingerprint density at radius 3 is 2.58 bits per heavy atom. The molecule has 2 aromatic carbocycles. The fraction of sp³-hybridized carbons (Fsp3) is 0.350. The van der Waals surface area contributed by atoms with Gasteiger partial charge in [-0.2, -0.15) is 0 Å². The number of hydrogen-bond acceptors (Lipinski definition) is 2. The highest BCUT2D eigenvalue weighted by Crippen LogP contribution is 2.27. The van der Waals surface area contributed by atoms with Crippen LogP contribution in [0.2, 0.25) is 0 Å². The van der Waals surface area contributed by atoms with E-state index in [0.717, 1.165) is 16.8 Å². The summed E-state index contributed by atoms with van der Waals surface area (Å²) in [6.45, 7) is 6.97. The van der Waals surface area contributed by atoms with Crippen LogP contribution in [-0.4, -0.2) is 19.0 Å². The smallest absolute Gasteiger partial charge is 0.238 e. The molecule has 0 saturated carbocycles. The first-order valence-corrected chi connectivity index (χ1v) is 8.32. The molecule has 0 aromatic heterocycles. The third kappa shape index (κ3) is 4.90. The van der Waals surface area contributed by atoms with Gasteiger partial charge in [0.05, 0.1) is 6.54 Å². The molecule has 2 aromatic rings. The van der Waals surface area contributed by atoms with Gasteiger partial charge in [0.1, 0.15) is 5.82 Å². The molecule has 0 saturated heterocycles. The Morgan fingerprint density at radius 2 is 1.88 bits per heavy atom. The van der Waals surface area contributed by atoms with Crippen molar-refractivity contribution in [3.63, 3.8) is 0 Å². The third-order valence-electron chi connectivity index (χ3n) is 4.01. The fourth-order valence-electron chi connectivity index (χ4n) is 2.65. The number of nitrogens with one attached hydrogen (secondary N) is 2. The first-order chi connectivity index (χ1) is 11.5. The van der Waals surface area contributed by atoms with E-state index < -0.39 is 0 Å². The highest BCUT2D eigenvalue weighted by Gasteiger charge is 2.11. The SMILES string of the molecule is Cc1cccc(C(C)C)c1NC(=O)CNCCc1ccccc1F. The van der Waals surface area contributed by atoms with Crippen molar-refractivity contribution < 1.29 is 9.18 Å². The molecule has 0 aliphatic heterocycles. The molecular weight excluding hydrogens is 303 g/mol. The topological polar surface area (TPSA) is 41.1 Å². The van der Waals surface area contributed by atoms with E-state index in [1.165, 1.54) is 6.07 Å². The van der Waals surface area contributed by atoms with Gasteiger partial charge < -0.3 is 10.6 Å². The Labute approximate surface area is 143 Å². The van der Waals surface area contributed by atoms with Crippen LogP contribution in [0.1, 0.15) is 36.5 Å². The summed E-state index contributed by atoms with van der Waals surface area (Å²) < 4.78 is 13.5. The molecule has 0 heterocycles. The molecule has 1 amide bonds. The van der Waals surface area contributed by atoms with E-state index in [1.807, 2.05) is 31.2 Å². The molecule has 0 radical (unpaired) electrons. The average molecular weight is 328 g/mol. The van der Waals surface area contributed by atoms with Gasteiger partial charge >= 0.3 is 0 Å². The maximum absolute atomic E-state index is 13.5. The predicted octanol–water partition coefficient (Wildman–Crippen LogP) is 4.03. The number of carbonyl (C=O) groups excluding carboxylic acids is 1. The zero-order valence-corrected chi connectivity index (χ0v) is 14.5. The van der Waals surface area contributed by atoms with E-state index in [2.05, 4.69) is 24.5 Å². The minimum absolute atomic E-state index is 0.0836. The second kappa shape index (κ2) is 8.60. The van der Waals surface area contributed by atoms with Crippen LogP contribution in [0.4, 0.5) is 10.1 Å². The number of anilines is 1. The molecule has 0 atom stereocenters. The van der Waals surface area contributed by atoms with Crippen LogP contribution in [-0.2, 0) is 11.2 Å². The maximum Gasteiger partial charge on any atom is 0.238 e. The van der Waals surface area contributed by atoms with Gasteiger partial charge in [-0.3, -0.25) is 4.79 Å². The van der Waals surface area contributed by atoms with Crippen molar-refractivity contribution in [3.05, 3.63) is 65.0 Å². The Morgan fingerprint density at radius 1 is 1.12 bits per heavy atom. The lowest BCUT2D eigenvalue weighted by Crippen LogP contribution is -2.30. The van der Waals surface area contributed by atoms with Crippen LogP contribution in [0.25, 0.3) is 0 Å². The molecular formula is C20H25FN2O. The number of benzene rings is 2. The zero-order valence-electron chi connectivity index (χ0n) is 14.5.